The molecule has 0 N–H and O–H groups in total. The maximum Gasteiger partial charge on any atom is 0.416 e. The van der Waals surface area contributed by atoms with E-state index >= 15 is 0 Å². The second kappa shape index (κ2) is 6.78. The Bertz CT molecular complexity index is 898. The molecule has 1 aliphatic carbocycles. The smallest absolute Gasteiger partial charge is 0.298 e. The summed E-state index contributed by atoms with van der Waals surface area (Å²) in [4.78, 5) is 20.0. The molecule has 2 aromatic rings. The van der Waals surface area contributed by atoms with Crippen LogP contribution in [0.3, 0.4) is 0 Å². The van der Waals surface area contributed by atoms with Crippen LogP contribution in [0.15, 0.2) is 29.1 Å². The summed E-state index contributed by atoms with van der Waals surface area (Å²) in [7, 11) is 0. The van der Waals surface area contributed by atoms with Gasteiger partial charge >= 0.3 is 6.18 Å². The van der Waals surface area contributed by atoms with Crippen LogP contribution in [0.25, 0.3) is 0 Å². The molecular weight excluding hydrogens is 355 g/mol. The van der Waals surface area contributed by atoms with Gasteiger partial charge in [0.25, 0.3) is 5.56 Å². The number of aryl methyl sites for hydroxylation is 1. The molecule has 0 saturated heterocycles. The summed E-state index contributed by atoms with van der Waals surface area (Å²) in [5.41, 5.74) is 1.50. The van der Waals surface area contributed by atoms with Crippen LogP contribution in [-0.2, 0) is 25.7 Å². The lowest BCUT2D eigenvalue weighted by Crippen LogP contribution is -2.39. The van der Waals surface area contributed by atoms with Gasteiger partial charge in [0, 0.05) is 26.1 Å². The fourth-order valence-electron chi connectivity index (χ4n) is 3.68. The quantitative estimate of drug-likeness (QED) is 0.820. The van der Waals surface area contributed by atoms with E-state index < -0.39 is 11.7 Å². The number of alkyl halides is 3. The Balaban J connectivity index is 1.59. The zero-order valence-corrected chi connectivity index (χ0v) is 15.2. The highest BCUT2D eigenvalue weighted by molar-refractivity contribution is 5.26. The maximum atomic E-state index is 13.0. The van der Waals surface area contributed by atoms with E-state index in [1.165, 1.54) is 25.0 Å². The second-order valence-electron chi connectivity index (χ2n) is 7.60. The summed E-state index contributed by atoms with van der Waals surface area (Å²) in [6, 6.07) is 4.96. The van der Waals surface area contributed by atoms with Crippen molar-refractivity contribution in [2.24, 2.45) is 5.92 Å². The molecule has 0 spiro atoms. The molecule has 0 radical (unpaired) electrons. The summed E-state index contributed by atoms with van der Waals surface area (Å²) in [5, 5.41) is 0. The summed E-state index contributed by atoms with van der Waals surface area (Å²) in [5.74, 6) is 1.37. The van der Waals surface area contributed by atoms with Crippen molar-refractivity contribution in [3.8, 4) is 0 Å². The van der Waals surface area contributed by atoms with Gasteiger partial charge in [0.2, 0.25) is 0 Å². The first-order chi connectivity index (χ1) is 12.8. The number of fused-ring (bicyclic) bond motifs is 1. The van der Waals surface area contributed by atoms with Crippen molar-refractivity contribution in [1.29, 1.82) is 0 Å². The van der Waals surface area contributed by atoms with Gasteiger partial charge in [0.05, 0.1) is 23.4 Å². The van der Waals surface area contributed by atoms with Gasteiger partial charge in [0.1, 0.15) is 5.82 Å². The molecule has 144 valence electrons. The van der Waals surface area contributed by atoms with E-state index in [0.717, 1.165) is 48.8 Å². The van der Waals surface area contributed by atoms with Crippen molar-refractivity contribution in [2.45, 2.75) is 45.5 Å². The summed E-state index contributed by atoms with van der Waals surface area (Å²) in [6.45, 7) is 4.59. The minimum Gasteiger partial charge on any atom is -0.298 e. The Morgan fingerprint density at radius 2 is 1.89 bits per heavy atom. The first-order valence-electron chi connectivity index (χ1n) is 9.29. The van der Waals surface area contributed by atoms with Gasteiger partial charge in [-0.25, -0.2) is 4.98 Å². The Morgan fingerprint density at radius 1 is 1.19 bits per heavy atom. The minimum absolute atomic E-state index is 0.0714. The van der Waals surface area contributed by atoms with E-state index in [0.29, 0.717) is 17.9 Å². The molecule has 4 nitrogen and oxygen atoms in total. The van der Waals surface area contributed by atoms with Crippen LogP contribution in [0.2, 0.25) is 0 Å². The van der Waals surface area contributed by atoms with Crippen LogP contribution in [0.5, 0.6) is 0 Å². The molecule has 1 aromatic heterocycles. The standard InChI is InChI=1S/C20H22F3N3O/c1-13-24-18-8-9-25(10-14-2-3-14)12-17(18)19(27)26(13)11-15-4-6-16(7-5-15)20(21,22)23/h4-7,14H,2-3,8-12H2,1H3. The van der Waals surface area contributed by atoms with Crippen molar-refractivity contribution in [3.63, 3.8) is 0 Å². The van der Waals surface area contributed by atoms with E-state index in [4.69, 9.17) is 0 Å². The van der Waals surface area contributed by atoms with Crippen LogP contribution < -0.4 is 5.56 Å². The topological polar surface area (TPSA) is 38.1 Å². The third kappa shape index (κ3) is 3.93. The second-order valence-corrected chi connectivity index (χ2v) is 7.60. The average molecular weight is 377 g/mol. The van der Waals surface area contributed by atoms with E-state index in [9.17, 15) is 18.0 Å². The zero-order chi connectivity index (χ0) is 19.2. The highest BCUT2D eigenvalue weighted by Crippen LogP contribution is 2.31. The Kier molecular flexibility index (Phi) is 4.58. The van der Waals surface area contributed by atoms with E-state index in [1.807, 2.05) is 0 Å². The van der Waals surface area contributed by atoms with Crippen molar-refractivity contribution < 1.29 is 13.2 Å². The van der Waals surface area contributed by atoms with Gasteiger partial charge in [-0.15, -0.1) is 0 Å². The normalized spacial score (nSPS) is 17.8. The summed E-state index contributed by atoms with van der Waals surface area (Å²) < 4.78 is 39.7. The van der Waals surface area contributed by atoms with Gasteiger partial charge in [0.15, 0.2) is 0 Å². The van der Waals surface area contributed by atoms with Gasteiger partial charge in [-0.3, -0.25) is 14.3 Å². The minimum atomic E-state index is -4.36. The first-order valence-corrected chi connectivity index (χ1v) is 9.29. The lowest BCUT2D eigenvalue weighted by molar-refractivity contribution is -0.137. The molecule has 2 heterocycles. The zero-order valence-electron chi connectivity index (χ0n) is 15.2. The number of hydrogen-bond acceptors (Lipinski definition) is 3. The van der Waals surface area contributed by atoms with Crippen LogP contribution in [0.4, 0.5) is 13.2 Å². The highest BCUT2D eigenvalue weighted by Gasteiger charge is 2.30. The SMILES string of the molecule is Cc1nc2c(c(=O)n1Cc1ccc(C(F)(F)F)cc1)CN(CC1CC1)CC2. The summed E-state index contributed by atoms with van der Waals surface area (Å²) >= 11 is 0. The van der Waals surface area contributed by atoms with E-state index in [1.54, 1.807) is 11.5 Å². The molecular formula is C20H22F3N3O. The Labute approximate surface area is 155 Å². The lowest BCUT2D eigenvalue weighted by Gasteiger charge is -2.28. The van der Waals surface area contributed by atoms with Gasteiger partial charge in [-0.1, -0.05) is 12.1 Å². The molecule has 1 fully saturated rings. The fourth-order valence-corrected chi connectivity index (χ4v) is 3.68. The molecule has 7 heteroatoms. The van der Waals surface area contributed by atoms with Crippen LogP contribution >= 0.6 is 0 Å². The molecule has 0 atom stereocenters. The van der Waals surface area contributed by atoms with E-state index in [2.05, 4.69) is 9.88 Å². The monoisotopic (exact) mass is 377 g/mol. The van der Waals surface area contributed by atoms with Crippen molar-refractivity contribution in [1.82, 2.24) is 14.5 Å². The Morgan fingerprint density at radius 3 is 2.52 bits per heavy atom. The number of halogens is 3. The number of hydrogen-bond donors (Lipinski definition) is 0. The first kappa shape index (κ1) is 18.2. The molecule has 1 aromatic carbocycles. The maximum absolute atomic E-state index is 13.0. The lowest BCUT2D eigenvalue weighted by atomic mass is 10.1. The molecule has 1 aliphatic heterocycles. The number of aromatic nitrogens is 2. The van der Waals surface area contributed by atoms with Gasteiger partial charge in [-0.2, -0.15) is 13.2 Å². The fraction of sp³-hybridized carbons (Fsp3) is 0.500. The van der Waals surface area contributed by atoms with Crippen molar-refractivity contribution >= 4 is 0 Å². The summed E-state index contributed by atoms with van der Waals surface area (Å²) in [6.07, 6.45) is -1.04. The van der Waals surface area contributed by atoms with Crippen LogP contribution in [-0.4, -0.2) is 27.5 Å². The van der Waals surface area contributed by atoms with Gasteiger partial charge in [-0.05, 0) is 43.4 Å². The number of nitrogens with zero attached hydrogens (tertiary/aromatic N) is 3. The number of benzene rings is 1. The average Bonchev–Trinajstić information content (AvgIpc) is 3.43. The molecule has 27 heavy (non-hydrogen) atoms. The molecule has 0 unspecified atom stereocenters. The largest absolute Gasteiger partial charge is 0.416 e. The van der Waals surface area contributed by atoms with Crippen LogP contribution in [0.1, 0.15) is 41.1 Å². The molecule has 1 saturated carbocycles. The van der Waals surface area contributed by atoms with Crippen LogP contribution in [0, 0.1) is 12.8 Å². The molecule has 4 rings (SSSR count). The predicted molar refractivity (Wildman–Crippen MR) is 95.5 cm³/mol. The van der Waals surface area contributed by atoms with Crippen molar-refractivity contribution in [3.05, 3.63) is 62.8 Å². The molecule has 0 bridgehead atoms. The molecule has 2 aliphatic rings. The Hall–Kier alpha value is -2.15. The van der Waals surface area contributed by atoms with Crippen molar-refractivity contribution in [2.75, 3.05) is 13.1 Å². The molecule has 0 amide bonds. The number of rotatable bonds is 4. The van der Waals surface area contributed by atoms with E-state index in [-0.39, 0.29) is 12.1 Å². The third-order valence-corrected chi connectivity index (χ3v) is 5.42. The van der Waals surface area contributed by atoms with Gasteiger partial charge < -0.3 is 0 Å². The highest BCUT2D eigenvalue weighted by atomic mass is 19.4. The predicted octanol–water partition coefficient (Wildman–Crippen LogP) is 3.39. The third-order valence-electron chi connectivity index (χ3n) is 5.42.